The van der Waals surface area contributed by atoms with Crippen molar-refractivity contribution in [1.29, 1.82) is 0 Å². The van der Waals surface area contributed by atoms with E-state index in [0.717, 1.165) is 37.0 Å². The molecule has 2 heterocycles. The van der Waals surface area contributed by atoms with E-state index in [0.29, 0.717) is 12.5 Å². The Bertz CT molecular complexity index is 653. The molecular formula is C17H29N7. The maximum atomic E-state index is 4.75. The molecule has 0 unspecified atom stereocenters. The van der Waals surface area contributed by atoms with Gasteiger partial charge < -0.3 is 14.8 Å². The predicted octanol–water partition coefficient (Wildman–Crippen LogP) is 1.87. The van der Waals surface area contributed by atoms with Crippen LogP contribution in [0.4, 0.5) is 0 Å². The van der Waals surface area contributed by atoms with Crippen LogP contribution in [0.3, 0.4) is 0 Å². The van der Waals surface area contributed by atoms with E-state index >= 15 is 0 Å². The van der Waals surface area contributed by atoms with Crippen LogP contribution in [0.2, 0.25) is 0 Å². The van der Waals surface area contributed by atoms with Crippen LogP contribution in [-0.2, 0) is 26.7 Å². The number of hydrogen-bond donors (Lipinski definition) is 1. The molecule has 0 aromatic carbocycles. The Morgan fingerprint density at radius 2 is 2.21 bits per heavy atom. The number of guanidine groups is 1. The number of rotatable bonds is 7. The van der Waals surface area contributed by atoms with Gasteiger partial charge in [-0.05, 0) is 12.8 Å². The fourth-order valence-electron chi connectivity index (χ4n) is 2.57. The van der Waals surface area contributed by atoms with Gasteiger partial charge in [0.1, 0.15) is 12.4 Å². The molecule has 132 valence electrons. The summed E-state index contributed by atoms with van der Waals surface area (Å²) in [4.78, 5) is 11.3. The first-order valence-electron chi connectivity index (χ1n) is 8.46. The lowest BCUT2D eigenvalue weighted by Crippen LogP contribution is -2.38. The minimum absolute atomic E-state index is 0.569. The molecule has 0 saturated heterocycles. The summed E-state index contributed by atoms with van der Waals surface area (Å²) < 4.78 is 3.99. The number of nitrogens with one attached hydrogen (secondary N) is 1. The Balaban J connectivity index is 2.06. The van der Waals surface area contributed by atoms with E-state index in [9.17, 15) is 0 Å². The molecule has 1 N–H and O–H groups in total. The fraction of sp³-hybridized carbons (Fsp3) is 0.588. The van der Waals surface area contributed by atoms with Gasteiger partial charge in [-0.15, -0.1) is 0 Å². The third-order valence-electron chi connectivity index (χ3n) is 3.61. The molecule has 0 fully saturated rings. The molecule has 0 spiro atoms. The maximum Gasteiger partial charge on any atom is 0.194 e. The highest BCUT2D eigenvalue weighted by molar-refractivity contribution is 5.79. The Morgan fingerprint density at radius 1 is 1.42 bits per heavy atom. The second kappa shape index (κ2) is 8.52. The van der Waals surface area contributed by atoms with Crippen LogP contribution in [0.5, 0.6) is 0 Å². The average molecular weight is 331 g/mol. The molecule has 0 bridgehead atoms. The standard InChI is InChI=1S/C17H29N7/c1-6-18-17(22(4)12-15-9-21-23(5)13-15)20-10-16-19-7-8-24(16)11-14(2)3/h7-9,13-14H,6,10-12H2,1-5H3,(H,18,20). The van der Waals surface area contributed by atoms with Crippen LogP contribution in [0.25, 0.3) is 0 Å². The third kappa shape index (κ3) is 5.11. The summed E-state index contributed by atoms with van der Waals surface area (Å²) in [7, 11) is 3.96. The maximum absolute atomic E-state index is 4.75. The number of imidazole rings is 1. The van der Waals surface area contributed by atoms with Crippen molar-refractivity contribution in [2.24, 2.45) is 18.0 Å². The number of aromatic nitrogens is 4. The summed E-state index contributed by atoms with van der Waals surface area (Å²) in [5.74, 6) is 2.46. The average Bonchev–Trinajstić information content (AvgIpc) is 3.12. The molecule has 7 heteroatoms. The van der Waals surface area contributed by atoms with Gasteiger partial charge in [-0.3, -0.25) is 4.68 Å². The van der Waals surface area contributed by atoms with Crippen molar-refractivity contribution in [2.45, 2.75) is 40.4 Å². The molecule has 0 aliphatic heterocycles. The number of aliphatic imine (C=N–C) groups is 1. The van der Waals surface area contributed by atoms with Gasteiger partial charge in [-0.2, -0.15) is 5.10 Å². The minimum atomic E-state index is 0.569. The molecule has 24 heavy (non-hydrogen) atoms. The zero-order chi connectivity index (χ0) is 17.5. The monoisotopic (exact) mass is 331 g/mol. The Morgan fingerprint density at radius 3 is 2.83 bits per heavy atom. The summed E-state index contributed by atoms with van der Waals surface area (Å²) in [5, 5.41) is 7.56. The van der Waals surface area contributed by atoms with Crippen molar-refractivity contribution in [3.63, 3.8) is 0 Å². The molecule has 2 aromatic heterocycles. The van der Waals surface area contributed by atoms with Crippen LogP contribution >= 0.6 is 0 Å². The first-order valence-corrected chi connectivity index (χ1v) is 8.46. The molecule has 0 atom stereocenters. The van der Waals surface area contributed by atoms with Crippen molar-refractivity contribution >= 4 is 5.96 Å². The predicted molar refractivity (Wildman–Crippen MR) is 96.6 cm³/mol. The first-order chi connectivity index (χ1) is 11.5. The van der Waals surface area contributed by atoms with E-state index in [-0.39, 0.29) is 0 Å². The highest BCUT2D eigenvalue weighted by Gasteiger charge is 2.09. The lowest BCUT2D eigenvalue weighted by molar-refractivity contribution is 0.473. The van der Waals surface area contributed by atoms with Crippen LogP contribution < -0.4 is 5.32 Å². The molecular weight excluding hydrogens is 302 g/mol. The largest absolute Gasteiger partial charge is 0.357 e. The van der Waals surface area contributed by atoms with Gasteiger partial charge in [-0.1, -0.05) is 13.8 Å². The van der Waals surface area contributed by atoms with E-state index in [2.05, 4.69) is 45.6 Å². The molecule has 2 aromatic rings. The number of hydrogen-bond acceptors (Lipinski definition) is 3. The third-order valence-corrected chi connectivity index (χ3v) is 3.61. The van der Waals surface area contributed by atoms with Crippen LogP contribution in [0.15, 0.2) is 29.8 Å². The fourth-order valence-corrected chi connectivity index (χ4v) is 2.57. The van der Waals surface area contributed by atoms with Crippen molar-refractivity contribution in [2.75, 3.05) is 13.6 Å². The Labute approximate surface area is 144 Å². The second-order valence-corrected chi connectivity index (χ2v) is 6.44. The van der Waals surface area contributed by atoms with Crippen LogP contribution in [0.1, 0.15) is 32.2 Å². The zero-order valence-corrected chi connectivity index (χ0v) is 15.4. The number of nitrogens with zero attached hydrogens (tertiary/aromatic N) is 6. The van der Waals surface area contributed by atoms with E-state index in [1.54, 1.807) is 0 Å². The van der Waals surface area contributed by atoms with Gasteiger partial charge in [0.2, 0.25) is 0 Å². The van der Waals surface area contributed by atoms with Crippen molar-refractivity contribution in [3.8, 4) is 0 Å². The molecule has 0 aliphatic carbocycles. The molecule has 0 radical (unpaired) electrons. The number of aryl methyl sites for hydroxylation is 1. The summed E-state index contributed by atoms with van der Waals surface area (Å²) in [6.45, 7) is 9.62. The highest BCUT2D eigenvalue weighted by atomic mass is 15.3. The molecule has 0 aliphatic rings. The Hall–Kier alpha value is -2.31. The van der Waals surface area contributed by atoms with Gasteiger partial charge >= 0.3 is 0 Å². The van der Waals surface area contributed by atoms with Gasteiger partial charge in [0.15, 0.2) is 5.96 Å². The summed E-state index contributed by atoms with van der Waals surface area (Å²) in [6.07, 6.45) is 7.78. The SMILES string of the molecule is CCNC(=NCc1nccn1CC(C)C)N(C)Cc1cnn(C)c1. The van der Waals surface area contributed by atoms with Gasteiger partial charge in [-0.25, -0.2) is 9.98 Å². The summed E-state index contributed by atoms with van der Waals surface area (Å²) in [6, 6.07) is 0. The van der Waals surface area contributed by atoms with Gasteiger partial charge in [0.25, 0.3) is 0 Å². The smallest absolute Gasteiger partial charge is 0.194 e. The lowest BCUT2D eigenvalue weighted by Gasteiger charge is -2.21. The lowest BCUT2D eigenvalue weighted by atomic mass is 10.2. The van der Waals surface area contributed by atoms with E-state index in [1.807, 2.05) is 43.6 Å². The second-order valence-electron chi connectivity index (χ2n) is 6.44. The van der Waals surface area contributed by atoms with Gasteiger partial charge in [0, 0.05) is 57.9 Å². The molecule has 0 amide bonds. The van der Waals surface area contributed by atoms with Gasteiger partial charge in [0.05, 0.1) is 6.20 Å². The van der Waals surface area contributed by atoms with Crippen molar-refractivity contribution < 1.29 is 0 Å². The topological polar surface area (TPSA) is 63.3 Å². The van der Waals surface area contributed by atoms with E-state index < -0.39 is 0 Å². The minimum Gasteiger partial charge on any atom is -0.357 e. The molecule has 7 nitrogen and oxygen atoms in total. The quantitative estimate of drug-likeness (QED) is 0.621. The van der Waals surface area contributed by atoms with Crippen molar-refractivity contribution in [3.05, 3.63) is 36.2 Å². The zero-order valence-electron chi connectivity index (χ0n) is 15.4. The van der Waals surface area contributed by atoms with Crippen molar-refractivity contribution in [1.82, 2.24) is 29.5 Å². The first kappa shape index (κ1) is 18.0. The molecule has 0 saturated carbocycles. The molecule has 2 rings (SSSR count). The van der Waals surface area contributed by atoms with Crippen LogP contribution in [0, 0.1) is 5.92 Å². The van der Waals surface area contributed by atoms with Crippen LogP contribution in [-0.4, -0.2) is 43.8 Å². The summed E-state index contributed by atoms with van der Waals surface area (Å²) >= 11 is 0. The Kier molecular flexibility index (Phi) is 6.40. The van der Waals surface area contributed by atoms with E-state index in [1.165, 1.54) is 0 Å². The van der Waals surface area contributed by atoms with E-state index in [4.69, 9.17) is 4.99 Å². The summed E-state index contributed by atoms with van der Waals surface area (Å²) in [5.41, 5.74) is 1.16. The highest BCUT2D eigenvalue weighted by Crippen LogP contribution is 2.06. The normalized spacial score (nSPS) is 12.0.